The van der Waals surface area contributed by atoms with Crippen molar-refractivity contribution in [3.63, 3.8) is 0 Å². The van der Waals surface area contributed by atoms with Crippen molar-refractivity contribution in [3.05, 3.63) is 29.2 Å². The lowest BCUT2D eigenvalue weighted by molar-refractivity contribution is 0.523. The van der Waals surface area contributed by atoms with Crippen molar-refractivity contribution in [1.29, 1.82) is 0 Å². The van der Waals surface area contributed by atoms with Crippen LogP contribution >= 0.6 is 0 Å². The van der Waals surface area contributed by atoms with E-state index in [-0.39, 0.29) is 5.41 Å². The summed E-state index contributed by atoms with van der Waals surface area (Å²) in [7, 11) is 0. The molecule has 0 N–H and O–H groups in total. The molecule has 15 heavy (non-hydrogen) atoms. The lowest BCUT2D eigenvalue weighted by Crippen LogP contribution is -2.14. The van der Waals surface area contributed by atoms with E-state index < -0.39 is 0 Å². The van der Waals surface area contributed by atoms with Gasteiger partial charge in [0, 0.05) is 5.56 Å². The van der Waals surface area contributed by atoms with Crippen molar-refractivity contribution < 1.29 is 0 Å². The van der Waals surface area contributed by atoms with Crippen molar-refractivity contribution in [2.75, 3.05) is 0 Å². The van der Waals surface area contributed by atoms with Crippen LogP contribution in [0.4, 0.5) is 0 Å². The van der Waals surface area contributed by atoms with Crippen LogP contribution in [0, 0.1) is 6.92 Å². The summed E-state index contributed by atoms with van der Waals surface area (Å²) < 4.78 is 1.90. The molecule has 2 aromatic rings. The predicted octanol–water partition coefficient (Wildman–Crippen LogP) is 2.26. The summed E-state index contributed by atoms with van der Waals surface area (Å²) in [5.41, 5.74) is 5.10. The van der Waals surface area contributed by atoms with E-state index in [9.17, 15) is 0 Å². The summed E-state index contributed by atoms with van der Waals surface area (Å²) in [5, 5.41) is 4.39. The first-order chi connectivity index (χ1) is 7.08. The molecule has 1 aliphatic rings. The Morgan fingerprint density at radius 3 is 3.00 bits per heavy atom. The molecule has 3 rings (SSSR count). The van der Waals surface area contributed by atoms with Gasteiger partial charge in [-0.05, 0) is 30.7 Å². The molecule has 0 amide bonds. The maximum absolute atomic E-state index is 4.58. The fourth-order valence-corrected chi connectivity index (χ4v) is 2.58. The summed E-state index contributed by atoms with van der Waals surface area (Å²) in [6.07, 6.45) is 6.33. The van der Waals surface area contributed by atoms with Crippen LogP contribution in [-0.4, -0.2) is 14.6 Å². The Balaban J connectivity index is 2.42. The number of rotatable bonds is 0. The maximum atomic E-state index is 4.58. The molecule has 0 aliphatic heterocycles. The number of aryl methyl sites for hydroxylation is 2. The molecule has 0 fully saturated rings. The molecule has 0 saturated heterocycles. The quantitative estimate of drug-likeness (QED) is 0.654. The van der Waals surface area contributed by atoms with Gasteiger partial charge in [-0.2, -0.15) is 5.10 Å². The molecule has 0 aromatic carbocycles. The third kappa shape index (κ3) is 1.12. The molecule has 78 valence electrons. The highest BCUT2D eigenvalue weighted by molar-refractivity contribution is 5.57. The maximum Gasteiger partial charge on any atom is 0.157 e. The van der Waals surface area contributed by atoms with E-state index in [4.69, 9.17) is 0 Å². The first-order valence-corrected chi connectivity index (χ1v) is 5.42. The van der Waals surface area contributed by atoms with E-state index >= 15 is 0 Å². The van der Waals surface area contributed by atoms with Crippen LogP contribution in [0.15, 0.2) is 12.4 Å². The Morgan fingerprint density at radius 2 is 2.20 bits per heavy atom. The minimum Gasteiger partial charge on any atom is -0.232 e. The minimum atomic E-state index is 0.247. The highest BCUT2D eigenvalue weighted by Crippen LogP contribution is 2.39. The summed E-state index contributed by atoms with van der Waals surface area (Å²) in [4.78, 5) is 4.58. The molecular formula is C12H15N3. The highest BCUT2D eigenvalue weighted by atomic mass is 15.2. The average molecular weight is 201 g/mol. The molecule has 0 spiro atoms. The van der Waals surface area contributed by atoms with Gasteiger partial charge in [0.1, 0.15) is 0 Å². The smallest absolute Gasteiger partial charge is 0.157 e. The number of imidazole rings is 1. The Morgan fingerprint density at radius 1 is 1.40 bits per heavy atom. The van der Waals surface area contributed by atoms with Crippen LogP contribution in [0.5, 0.6) is 0 Å². The fourth-order valence-electron chi connectivity index (χ4n) is 2.58. The topological polar surface area (TPSA) is 30.2 Å². The van der Waals surface area contributed by atoms with Gasteiger partial charge in [0.05, 0.1) is 18.1 Å². The van der Waals surface area contributed by atoms with E-state index in [1.165, 1.54) is 17.5 Å². The van der Waals surface area contributed by atoms with Gasteiger partial charge in [0.15, 0.2) is 5.65 Å². The van der Waals surface area contributed by atoms with Gasteiger partial charge >= 0.3 is 0 Å². The van der Waals surface area contributed by atoms with Crippen molar-refractivity contribution in [2.45, 2.75) is 39.0 Å². The van der Waals surface area contributed by atoms with Crippen LogP contribution in [0.2, 0.25) is 0 Å². The number of hydrogen-bond acceptors (Lipinski definition) is 2. The monoisotopic (exact) mass is 201 g/mol. The van der Waals surface area contributed by atoms with Crippen LogP contribution in [0.1, 0.15) is 37.1 Å². The summed E-state index contributed by atoms with van der Waals surface area (Å²) in [6, 6.07) is 0. The molecule has 2 heterocycles. The first kappa shape index (κ1) is 8.89. The lowest BCUT2D eigenvalue weighted by atomic mass is 9.87. The largest absolute Gasteiger partial charge is 0.232 e. The molecule has 3 nitrogen and oxygen atoms in total. The van der Waals surface area contributed by atoms with Gasteiger partial charge in [-0.15, -0.1) is 0 Å². The molecule has 0 unspecified atom stereocenters. The second-order valence-corrected chi connectivity index (χ2v) is 5.08. The molecule has 0 saturated carbocycles. The lowest BCUT2D eigenvalue weighted by Gasteiger charge is -2.18. The standard InChI is InChI=1S/C12H15N3/c1-8-7-15-11(14-8)10-9(6-13-15)4-5-12(10,2)3/h6-7H,4-5H2,1-3H3. The van der Waals surface area contributed by atoms with Crippen molar-refractivity contribution in [2.24, 2.45) is 0 Å². The molecule has 0 atom stereocenters. The summed E-state index contributed by atoms with van der Waals surface area (Å²) in [5.74, 6) is 0. The van der Waals surface area contributed by atoms with Gasteiger partial charge in [-0.3, -0.25) is 0 Å². The van der Waals surface area contributed by atoms with Crippen molar-refractivity contribution in [3.8, 4) is 0 Å². The zero-order chi connectivity index (χ0) is 10.6. The zero-order valence-electron chi connectivity index (χ0n) is 9.41. The van der Waals surface area contributed by atoms with Gasteiger partial charge in [-0.1, -0.05) is 13.8 Å². The first-order valence-electron chi connectivity index (χ1n) is 5.42. The minimum absolute atomic E-state index is 0.247. The Hall–Kier alpha value is -1.38. The summed E-state index contributed by atoms with van der Waals surface area (Å²) in [6.45, 7) is 6.61. The van der Waals surface area contributed by atoms with Crippen LogP contribution < -0.4 is 0 Å². The molecule has 2 aromatic heterocycles. The third-order valence-electron chi connectivity index (χ3n) is 3.39. The van der Waals surface area contributed by atoms with Crippen molar-refractivity contribution in [1.82, 2.24) is 14.6 Å². The van der Waals surface area contributed by atoms with E-state index in [0.29, 0.717) is 0 Å². The molecule has 0 radical (unpaired) electrons. The molecule has 0 bridgehead atoms. The number of aromatic nitrogens is 3. The van der Waals surface area contributed by atoms with Crippen LogP contribution in [0.3, 0.4) is 0 Å². The number of fused-ring (bicyclic) bond motifs is 3. The highest BCUT2D eigenvalue weighted by Gasteiger charge is 2.33. The Kier molecular flexibility index (Phi) is 1.54. The van der Waals surface area contributed by atoms with Gasteiger partial charge in [-0.25, -0.2) is 9.50 Å². The Bertz CT molecular complexity index is 537. The number of nitrogens with zero attached hydrogens (tertiary/aromatic N) is 3. The average Bonchev–Trinajstić information content (AvgIpc) is 2.65. The van der Waals surface area contributed by atoms with Crippen LogP contribution in [-0.2, 0) is 11.8 Å². The van der Waals surface area contributed by atoms with E-state index in [1.54, 1.807) is 0 Å². The number of hydrogen-bond donors (Lipinski definition) is 0. The molecule has 3 heteroatoms. The van der Waals surface area contributed by atoms with E-state index in [1.807, 2.05) is 23.8 Å². The Labute approximate surface area is 89.1 Å². The third-order valence-corrected chi connectivity index (χ3v) is 3.39. The van der Waals surface area contributed by atoms with Gasteiger partial charge < -0.3 is 0 Å². The zero-order valence-corrected chi connectivity index (χ0v) is 9.41. The van der Waals surface area contributed by atoms with E-state index in [2.05, 4.69) is 23.9 Å². The van der Waals surface area contributed by atoms with Gasteiger partial charge in [0.2, 0.25) is 0 Å². The SMILES string of the molecule is Cc1cn2ncc3c(c2n1)C(C)(C)CC3. The predicted molar refractivity (Wildman–Crippen MR) is 59.1 cm³/mol. The second kappa shape index (κ2) is 2.60. The van der Waals surface area contributed by atoms with Gasteiger partial charge in [0.25, 0.3) is 0 Å². The molecule has 1 aliphatic carbocycles. The van der Waals surface area contributed by atoms with E-state index in [0.717, 1.165) is 17.8 Å². The summed E-state index contributed by atoms with van der Waals surface area (Å²) >= 11 is 0. The fraction of sp³-hybridized carbons (Fsp3) is 0.500. The second-order valence-electron chi connectivity index (χ2n) is 5.08. The van der Waals surface area contributed by atoms with Crippen LogP contribution in [0.25, 0.3) is 5.65 Å². The van der Waals surface area contributed by atoms with Crippen molar-refractivity contribution >= 4 is 5.65 Å². The molecular weight excluding hydrogens is 186 g/mol. The normalized spacial score (nSPS) is 18.3.